The van der Waals surface area contributed by atoms with Gasteiger partial charge < -0.3 is 4.90 Å². The van der Waals surface area contributed by atoms with Crippen molar-refractivity contribution in [3.8, 4) is 22.3 Å². The lowest BCUT2D eigenvalue weighted by atomic mass is 9.89. The third-order valence-corrected chi connectivity index (χ3v) is 11.3. The van der Waals surface area contributed by atoms with Crippen LogP contribution >= 0.6 is 11.3 Å². The van der Waals surface area contributed by atoms with Gasteiger partial charge in [0.2, 0.25) is 0 Å². The molecule has 0 saturated heterocycles. The van der Waals surface area contributed by atoms with Crippen molar-refractivity contribution in [1.29, 1.82) is 0 Å². The highest BCUT2D eigenvalue weighted by Gasteiger charge is 2.20. The van der Waals surface area contributed by atoms with Gasteiger partial charge in [-0.05, 0) is 91.0 Å². The topological polar surface area (TPSA) is 3.24 Å². The van der Waals surface area contributed by atoms with E-state index in [4.69, 9.17) is 0 Å². The van der Waals surface area contributed by atoms with Gasteiger partial charge in [-0.1, -0.05) is 152 Å². The van der Waals surface area contributed by atoms with Gasteiger partial charge in [-0.25, -0.2) is 0 Å². The molecule has 50 heavy (non-hydrogen) atoms. The standard InChI is InChI=1S/C48H31NS/c1-3-13-32(14-4-1)45-31-35(49(34-16-5-2-6-17-34)46-23-12-22-44-43-19-9-10-24-47(43)50-48(44)46)26-28-42(45)38-21-11-20-37-40-27-25-33-15-7-8-18-36(33)39(40)29-30-41(37)38/h1-31H. The van der Waals surface area contributed by atoms with E-state index in [0.29, 0.717) is 0 Å². The van der Waals surface area contributed by atoms with E-state index in [2.05, 4.69) is 193 Å². The molecule has 0 N–H and O–H groups in total. The maximum Gasteiger partial charge on any atom is 0.0640 e. The molecule has 1 aromatic heterocycles. The fourth-order valence-electron chi connectivity index (χ4n) is 7.77. The second-order valence-corrected chi connectivity index (χ2v) is 13.9. The van der Waals surface area contributed by atoms with Crippen LogP contribution < -0.4 is 4.90 Å². The Balaban J connectivity index is 1.22. The third-order valence-electron chi connectivity index (χ3n) is 10.1. The summed E-state index contributed by atoms with van der Waals surface area (Å²) in [6.45, 7) is 0. The van der Waals surface area contributed by atoms with Crippen molar-refractivity contribution in [1.82, 2.24) is 0 Å². The van der Waals surface area contributed by atoms with Gasteiger partial charge in [-0.2, -0.15) is 0 Å². The predicted octanol–water partition coefficient (Wildman–Crippen LogP) is 14.3. The van der Waals surface area contributed by atoms with Crippen LogP contribution in [0.15, 0.2) is 188 Å². The zero-order valence-electron chi connectivity index (χ0n) is 27.3. The van der Waals surface area contributed by atoms with E-state index >= 15 is 0 Å². The minimum absolute atomic E-state index is 1.13. The number of fused-ring (bicyclic) bond motifs is 8. The molecule has 0 unspecified atom stereocenters. The zero-order chi connectivity index (χ0) is 33.0. The van der Waals surface area contributed by atoms with E-state index < -0.39 is 0 Å². The zero-order valence-corrected chi connectivity index (χ0v) is 28.1. The van der Waals surface area contributed by atoms with Gasteiger partial charge in [0, 0.05) is 26.8 Å². The Kier molecular flexibility index (Phi) is 6.75. The summed E-state index contributed by atoms with van der Waals surface area (Å²) in [5.74, 6) is 0. The van der Waals surface area contributed by atoms with Crippen molar-refractivity contribution in [3.63, 3.8) is 0 Å². The molecule has 0 aliphatic rings. The molecule has 0 bridgehead atoms. The summed E-state index contributed by atoms with van der Waals surface area (Å²) < 4.78 is 2.59. The van der Waals surface area contributed by atoms with Crippen molar-refractivity contribution in [2.24, 2.45) is 0 Å². The SMILES string of the molecule is c1ccc(-c2cc(N(c3ccccc3)c3cccc4c3sc3ccccc34)ccc2-c2cccc3c2ccc2c4ccccc4ccc32)cc1. The van der Waals surface area contributed by atoms with Crippen molar-refractivity contribution >= 4 is 80.9 Å². The lowest BCUT2D eigenvalue weighted by molar-refractivity contribution is 1.30. The highest BCUT2D eigenvalue weighted by Crippen LogP contribution is 2.47. The predicted molar refractivity (Wildman–Crippen MR) is 217 cm³/mol. The molecule has 0 aliphatic heterocycles. The Hall–Kier alpha value is -6.22. The molecule has 2 heteroatoms. The van der Waals surface area contributed by atoms with Crippen LogP contribution in [-0.4, -0.2) is 0 Å². The lowest BCUT2D eigenvalue weighted by Crippen LogP contribution is -2.10. The first-order valence-corrected chi connectivity index (χ1v) is 17.9. The first-order valence-electron chi connectivity index (χ1n) is 17.1. The maximum absolute atomic E-state index is 2.43. The fourth-order valence-corrected chi connectivity index (χ4v) is 8.97. The van der Waals surface area contributed by atoms with Crippen LogP contribution in [0.3, 0.4) is 0 Å². The van der Waals surface area contributed by atoms with Crippen LogP contribution in [-0.2, 0) is 0 Å². The van der Waals surface area contributed by atoms with Gasteiger partial charge >= 0.3 is 0 Å². The molecule has 0 spiro atoms. The van der Waals surface area contributed by atoms with Crippen molar-refractivity contribution in [2.45, 2.75) is 0 Å². The number of benzene rings is 9. The van der Waals surface area contributed by atoms with E-state index in [1.807, 2.05) is 11.3 Å². The molecule has 0 amide bonds. The van der Waals surface area contributed by atoms with Crippen molar-refractivity contribution in [3.05, 3.63) is 188 Å². The summed E-state index contributed by atoms with van der Waals surface area (Å²) in [5, 5.41) is 10.3. The molecule has 234 valence electrons. The highest BCUT2D eigenvalue weighted by molar-refractivity contribution is 7.26. The smallest absolute Gasteiger partial charge is 0.0640 e. The number of hydrogen-bond acceptors (Lipinski definition) is 2. The van der Waals surface area contributed by atoms with Crippen molar-refractivity contribution < 1.29 is 0 Å². The molecule has 1 nitrogen and oxygen atoms in total. The van der Waals surface area contributed by atoms with Gasteiger partial charge in [0.15, 0.2) is 0 Å². The van der Waals surface area contributed by atoms with Crippen LogP contribution in [0.25, 0.3) is 74.7 Å². The molecule has 10 rings (SSSR count). The molecular formula is C48H31NS. The number of para-hydroxylation sites is 1. The molecule has 10 aromatic rings. The van der Waals surface area contributed by atoms with E-state index in [9.17, 15) is 0 Å². The molecule has 0 fully saturated rings. The Morgan fingerprint density at radius 3 is 1.86 bits per heavy atom. The molecule has 0 aliphatic carbocycles. The fraction of sp³-hybridized carbons (Fsp3) is 0. The summed E-state index contributed by atoms with van der Waals surface area (Å²) in [6, 6.07) is 68.7. The Morgan fingerprint density at radius 1 is 0.340 bits per heavy atom. The Bertz CT molecular complexity index is 2870. The second-order valence-electron chi connectivity index (χ2n) is 12.9. The van der Waals surface area contributed by atoms with Gasteiger partial charge in [-0.15, -0.1) is 11.3 Å². The second kappa shape index (κ2) is 11.7. The van der Waals surface area contributed by atoms with Crippen LogP contribution in [0.4, 0.5) is 17.1 Å². The number of rotatable bonds is 5. The van der Waals surface area contributed by atoms with E-state index in [-0.39, 0.29) is 0 Å². The van der Waals surface area contributed by atoms with Gasteiger partial charge in [0.25, 0.3) is 0 Å². The number of thiophene rings is 1. The van der Waals surface area contributed by atoms with Crippen LogP contribution in [0.5, 0.6) is 0 Å². The average Bonchev–Trinajstić information content (AvgIpc) is 3.58. The minimum Gasteiger partial charge on any atom is -0.309 e. The van der Waals surface area contributed by atoms with Crippen LogP contribution in [0.2, 0.25) is 0 Å². The van der Waals surface area contributed by atoms with Crippen molar-refractivity contribution in [2.75, 3.05) is 4.90 Å². The van der Waals surface area contributed by atoms with Gasteiger partial charge in [0.05, 0.1) is 10.4 Å². The Morgan fingerprint density at radius 2 is 0.980 bits per heavy atom. The molecule has 0 saturated carbocycles. The number of hydrogen-bond donors (Lipinski definition) is 0. The molecule has 1 heterocycles. The monoisotopic (exact) mass is 653 g/mol. The summed E-state index contributed by atoms with van der Waals surface area (Å²) in [6.07, 6.45) is 0. The summed E-state index contributed by atoms with van der Waals surface area (Å²) in [4.78, 5) is 2.43. The summed E-state index contributed by atoms with van der Waals surface area (Å²) >= 11 is 1.87. The van der Waals surface area contributed by atoms with E-state index in [1.165, 1.54) is 80.4 Å². The maximum atomic E-state index is 2.43. The van der Waals surface area contributed by atoms with E-state index in [0.717, 1.165) is 11.4 Å². The number of anilines is 3. The van der Waals surface area contributed by atoms with Crippen LogP contribution in [0.1, 0.15) is 0 Å². The Labute approximate surface area is 294 Å². The highest BCUT2D eigenvalue weighted by atomic mass is 32.1. The summed E-state index contributed by atoms with van der Waals surface area (Å²) in [5.41, 5.74) is 8.30. The van der Waals surface area contributed by atoms with E-state index in [1.54, 1.807) is 0 Å². The first kappa shape index (κ1) is 28.8. The molecular weight excluding hydrogens is 623 g/mol. The molecule has 0 radical (unpaired) electrons. The number of nitrogens with zero attached hydrogens (tertiary/aromatic N) is 1. The van der Waals surface area contributed by atoms with Gasteiger partial charge in [0.1, 0.15) is 0 Å². The first-order chi connectivity index (χ1) is 24.8. The average molecular weight is 654 g/mol. The summed E-state index contributed by atoms with van der Waals surface area (Å²) in [7, 11) is 0. The normalized spacial score (nSPS) is 11.6. The quantitative estimate of drug-likeness (QED) is 0.167. The van der Waals surface area contributed by atoms with Crippen LogP contribution in [0, 0.1) is 0 Å². The molecule has 0 atom stereocenters. The molecule has 9 aromatic carbocycles. The third kappa shape index (κ3) is 4.61. The minimum atomic E-state index is 1.13. The van der Waals surface area contributed by atoms with Gasteiger partial charge in [-0.3, -0.25) is 0 Å². The lowest BCUT2D eigenvalue weighted by Gasteiger charge is -2.27. The largest absolute Gasteiger partial charge is 0.309 e.